The van der Waals surface area contributed by atoms with E-state index in [-0.39, 0.29) is 11.7 Å². The van der Waals surface area contributed by atoms with Gasteiger partial charge in [-0.1, -0.05) is 18.2 Å². The van der Waals surface area contributed by atoms with Gasteiger partial charge in [0.05, 0.1) is 31.7 Å². The summed E-state index contributed by atoms with van der Waals surface area (Å²) in [6.45, 7) is 1.82. The molecular formula is C26H24N6O4. The Bertz CT molecular complexity index is 1460. The van der Waals surface area contributed by atoms with E-state index in [2.05, 4.69) is 20.6 Å². The molecule has 1 amide bonds. The van der Waals surface area contributed by atoms with Crippen molar-refractivity contribution in [3.05, 3.63) is 83.8 Å². The molecule has 3 heterocycles. The topological polar surface area (TPSA) is 123 Å². The van der Waals surface area contributed by atoms with Crippen molar-refractivity contribution in [2.45, 2.75) is 13.0 Å². The number of methoxy groups -OCH3 is 2. The molecule has 182 valence electrons. The van der Waals surface area contributed by atoms with Crippen molar-refractivity contribution >= 4 is 17.5 Å². The van der Waals surface area contributed by atoms with Crippen LogP contribution < -0.4 is 20.1 Å². The summed E-state index contributed by atoms with van der Waals surface area (Å²) in [6.07, 6.45) is 3.22. The highest BCUT2D eigenvalue weighted by Crippen LogP contribution is 2.40. The van der Waals surface area contributed by atoms with Crippen molar-refractivity contribution in [3.8, 4) is 28.6 Å². The monoisotopic (exact) mass is 484 g/mol. The first kappa shape index (κ1) is 22.9. The zero-order chi connectivity index (χ0) is 25.2. The maximum atomic E-state index is 13.6. The van der Waals surface area contributed by atoms with Gasteiger partial charge in [-0.15, -0.1) is 5.10 Å². The van der Waals surface area contributed by atoms with Crippen LogP contribution in [0.25, 0.3) is 11.4 Å². The molecule has 5 rings (SSSR count). The summed E-state index contributed by atoms with van der Waals surface area (Å²) in [4.78, 5) is 22.3. The average Bonchev–Trinajstić information content (AvgIpc) is 3.31. The minimum absolute atomic E-state index is 0.107. The van der Waals surface area contributed by atoms with E-state index in [0.717, 1.165) is 5.56 Å². The normalized spacial score (nSPS) is 14.6. The van der Waals surface area contributed by atoms with Crippen LogP contribution in [0, 0.1) is 0 Å². The zero-order valence-corrected chi connectivity index (χ0v) is 19.9. The number of amides is 1. The second-order valence-electron chi connectivity index (χ2n) is 8.13. The van der Waals surface area contributed by atoms with Crippen molar-refractivity contribution in [1.29, 1.82) is 0 Å². The number of aromatic hydroxyl groups is 1. The largest absolute Gasteiger partial charge is 0.508 e. The van der Waals surface area contributed by atoms with Gasteiger partial charge in [0.15, 0.2) is 17.3 Å². The molecule has 0 bridgehead atoms. The highest BCUT2D eigenvalue weighted by molar-refractivity contribution is 6.06. The number of phenols is 1. The Morgan fingerprint density at radius 2 is 1.92 bits per heavy atom. The minimum atomic E-state index is -0.628. The van der Waals surface area contributed by atoms with E-state index < -0.39 is 6.04 Å². The Hall–Kier alpha value is -4.86. The lowest BCUT2D eigenvalue weighted by atomic mass is 9.94. The standard InChI is InChI=1S/C26H24N6O4/c1-15-22(25(34)29-18-7-5-11-27-14-18)23(16-9-10-20(35-2)21(13-16)36-3)32-26(28-15)30-24(31-32)17-6-4-8-19(33)12-17/h4-14,23,33H,1-3H3,(H,29,34)(H,28,30,31). The molecule has 1 aliphatic heterocycles. The summed E-state index contributed by atoms with van der Waals surface area (Å²) >= 11 is 0. The third kappa shape index (κ3) is 4.20. The number of aromatic nitrogens is 4. The predicted octanol–water partition coefficient (Wildman–Crippen LogP) is 3.99. The number of ether oxygens (including phenoxy) is 2. The highest BCUT2D eigenvalue weighted by Gasteiger charge is 2.35. The lowest BCUT2D eigenvalue weighted by Gasteiger charge is -2.29. The van der Waals surface area contributed by atoms with Crippen LogP contribution in [0.2, 0.25) is 0 Å². The molecule has 10 heteroatoms. The van der Waals surface area contributed by atoms with Gasteiger partial charge in [0.2, 0.25) is 5.95 Å². The summed E-state index contributed by atoms with van der Waals surface area (Å²) < 4.78 is 12.6. The maximum absolute atomic E-state index is 13.6. The predicted molar refractivity (Wildman–Crippen MR) is 134 cm³/mol. The summed E-state index contributed by atoms with van der Waals surface area (Å²) in [6, 6.07) is 15.1. The van der Waals surface area contributed by atoms with Gasteiger partial charge in [-0.25, -0.2) is 4.68 Å². The summed E-state index contributed by atoms with van der Waals surface area (Å²) in [7, 11) is 3.12. The molecule has 0 saturated carbocycles. The average molecular weight is 485 g/mol. The third-order valence-electron chi connectivity index (χ3n) is 5.84. The van der Waals surface area contributed by atoms with Crippen LogP contribution in [-0.4, -0.2) is 45.0 Å². The molecule has 2 aromatic heterocycles. The van der Waals surface area contributed by atoms with Crippen LogP contribution in [0.3, 0.4) is 0 Å². The number of anilines is 2. The SMILES string of the molecule is COc1ccc(C2C(C(=O)Nc3cccnc3)=C(C)Nc3nc(-c4cccc(O)c4)nn32)cc1OC. The number of hydrogen-bond donors (Lipinski definition) is 3. The summed E-state index contributed by atoms with van der Waals surface area (Å²) in [5.74, 6) is 1.75. The van der Waals surface area contributed by atoms with Gasteiger partial charge < -0.3 is 25.2 Å². The number of carbonyl (C=O) groups is 1. The molecule has 4 aromatic rings. The molecule has 1 atom stereocenters. The molecule has 1 unspecified atom stereocenters. The van der Waals surface area contributed by atoms with Gasteiger partial charge in [0, 0.05) is 17.5 Å². The Labute approximate surface area is 207 Å². The van der Waals surface area contributed by atoms with Crippen molar-refractivity contribution in [3.63, 3.8) is 0 Å². The third-order valence-corrected chi connectivity index (χ3v) is 5.84. The second kappa shape index (κ2) is 9.41. The summed E-state index contributed by atoms with van der Waals surface area (Å²) in [5, 5.41) is 20.8. The van der Waals surface area contributed by atoms with Crippen LogP contribution in [0.4, 0.5) is 11.6 Å². The van der Waals surface area contributed by atoms with E-state index >= 15 is 0 Å². The van der Waals surface area contributed by atoms with E-state index in [1.165, 1.54) is 0 Å². The first-order chi connectivity index (χ1) is 17.5. The number of phenolic OH excluding ortho intramolecular Hbond substituents is 1. The number of benzene rings is 2. The van der Waals surface area contributed by atoms with Crippen LogP contribution in [0.5, 0.6) is 17.2 Å². The van der Waals surface area contributed by atoms with Gasteiger partial charge in [0.1, 0.15) is 11.8 Å². The minimum Gasteiger partial charge on any atom is -0.508 e. The van der Waals surface area contributed by atoms with Gasteiger partial charge in [0.25, 0.3) is 5.91 Å². The summed E-state index contributed by atoms with van der Waals surface area (Å²) in [5.41, 5.74) is 3.03. The number of carbonyl (C=O) groups excluding carboxylic acids is 1. The van der Waals surface area contributed by atoms with Crippen LogP contribution >= 0.6 is 0 Å². The fraction of sp³-hybridized carbons (Fsp3) is 0.154. The number of nitrogens with one attached hydrogen (secondary N) is 2. The van der Waals surface area contributed by atoms with E-state index in [9.17, 15) is 9.90 Å². The number of allylic oxidation sites excluding steroid dienone is 1. The molecule has 0 aliphatic carbocycles. The van der Waals surface area contributed by atoms with Gasteiger partial charge in [-0.05, 0) is 48.9 Å². The first-order valence-electron chi connectivity index (χ1n) is 11.2. The zero-order valence-electron chi connectivity index (χ0n) is 19.9. The molecule has 0 radical (unpaired) electrons. The number of nitrogens with zero attached hydrogens (tertiary/aromatic N) is 4. The van der Waals surface area contributed by atoms with E-state index in [1.807, 2.05) is 25.1 Å². The van der Waals surface area contributed by atoms with Crippen molar-refractivity contribution in [2.24, 2.45) is 0 Å². The molecular weight excluding hydrogens is 460 g/mol. The molecule has 10 nitrogen and oxygen atoms in total. The van der Waals surface area contributed by atoms with Crippen molar-refractivity contribution < 1.29 is 19.4 Å². The molecule has 3 N–H and O–H groups in total. The van der Waals surface area contributed by atoms with Gasteiger partial charge in [-0.3, -0.25) is 9.78 Å². The Kier molecular flexibility index (Phi) is 5.99. The van der Waals surface area contributed by atoms with Crippen molar-refractivity contribution in [2.75, 3.05) is 24.9 Å². The number of fused-ring (bicyclic) bond motifs is 1. The Morgan fingerprint density at radius 1 is 1.08 bits per heavy atom. The van der Waals surface area contributed by atoms with Gasteiger partial charge >= 0.3 is 0 Å². The maximum Gasteiger partial charge on any atom is 0.255 e. The van der Waals surface area contributed by atoms with Gasteiger partial charge in [-0.2, -0.15) is 4.98 Å². The van der Waals surface area contributed by atoms with Crippen molar-refractivity contribution in [1.82, 2.24) is 19.7 Å². The molecule has 2 aromatic carbocycles. The lowest BCUT2D eigenvalue weighted by Crippen LogP contribution is -2.31. The number of rotatable bonds is 6. The van der Waals surface area contributed by atoms with Crippen LogP contribution in [0.1, 0.15) is 18.5 Å². The number of hydrogen-bond acceptors (Lipinski definition) is 8. The molecule has 36 heavy (non-hydrogen) atoms. The second-order valence-corrected chi connectivity index (χ2v) is 8.13. The molecule has 0 fully saturated rings. The van der Waals surface area contributed by atoms with E-state index in [1.54, 1.807) is 67.7 Å². The molecule has 1 aliphatic rings. The fourth-order valence-electron chi connectivity index (χ4n) is 4.18. The van der Waals surface area contributed by atoms with E-state index in [4.69, 9.17) is 14.6 Å². The Balaban J connectivity index is 1.64. The Morgan fingerprint density at radius 3 is 2.64 bits per heavy atom. The van der Waals surface area contributed by atoms with Crippen LogP contribution in [-0.2, 0) is 4.79 Å². The quantitative estimate of drug-likeness (QED) is 0.375. The molecule has 0 spiro atoms. The molecule has 0 saturated heterocycles. The highest BCUT2D eigenvalue weighted by atomic mass is 16.5. The number of pyridine rings is 1. The fourth-order valence-corrected chi connectivity index (χ4v) is 4.18. The van der Waals surface area contributed by atoms with Crippen LogP contribution in [0.15, 0.2) is 78.3 Å². The smallest absolute Gasteiger partial charge is 0.255 e. The van der Waals surface area contributed by atoms with E-state index in [0.29, 0.717) is 45.8 Å². The lowest BCUT2D eigenvalue weighted by molar-refractivity contribution is -0.113. The first-order valence-corrected chi connectivity index (χ1v) is 11.2.